The highest BCUT2D eigenvalue weighted by molar-refractivity contribution is 5.99. The number of likely N-dealkylation sites (tertiary alicyclic amines) is 1. The molecule has 1 aromatic rings. The number of nitro groups is 2. The Balaban J connectivity index is 2.11. The second-order valence-corrected chi connectivity index (χ2v) is 7.22. The van der Waals surface area contributed by atoms with E-state index >= 15 is 0 Å². The Hall–Kier alpha value is -2.94. The van der Waals surface area contributed by atoms with Crippen LogP contribution < -0.4 is 0 Å². The van der Waals surface area contributed by atoms with Crippen molar-refractivity contribution in [2.45, 2.75) is 31.0 Å². The number of ketones is 2. The molecule has 0 N–H and O–H groups in total. The summed E-state index contributed by atoms with van der Waals surface area (Å²) in [6.45, 7) is 1.08. The Labute approximate surface area is 154 Å². The van der Waals surface area contributed by atoms with Gasteiger partial charge in [0.25, 0.3) is 5.54 Å². The highest BCUT2D eigenvalue weighted by atomic mass is 16.6. The maximum atomic E-state index is 12.6. The second-order valence-electron chi connectivity index (χ2n) is 7.22. The van der Waals surface area contributed by atoms with Crippen molar-refractivity contribution in [3.05, 3.63) is 68.3 Å². The molecule has 0 amide bonds. The largest absolute Gasteiger partial charge is 0.305 e. The molecule has 1 aliphatic heterocycles. The zero-order valence-electron chi connectivity index (χ0n) is 14.7. The van der Waals surface area contributed by atoms with Gasteiger partial charge in [-0.05, 0) is 24.6 Å². The van der Waals surface area contributed by atoms with Gasteiger partial charge in [0.1, 0.15) is 11.7 Å². The van der Waals surface area contributed by atoms with Gasteiger partial charge in [-0.3, -0.25) is 29.9 Å². The zero-order valence-corrected chi connectivity index (χ0v) is 14.7. The van der Waals surface area contributed by atoms with Gasteiger partial charge in [-0.2, -0.15) is 0 Å². The molecule has 0 radical (unpaired) electrons. The SMILES string of the molecule is CC(=O)C[C@H]1[C@]2([N+](=O)[O-])CN(Cc3ccccc3)C[C@]1([N+](=O)[O-])C=CC2=O. The van der Waals surface area contributed by atoms with Gasteiger partial charge in [0.2, 0.25) is 5.78 Å². The van der Waals surface area contributed by atoms with Gasteiger partial charge < -0.3 is 4.79 Å². The third-order valence-corrected chi connectivity index (χ3v) is 5.48. The summed E-state index contributed by atoms with van der Waals surface area (Å²) in [6, 6.07) is 9.05. The van der Waals surface area contributed by atoms with E-state index in [0.29, 0.717) is 0 Å². The Morgan fingerprint density at radius 2 is 1.85 bits per heavy atom. The van der Waals surface area contributed by atoms with E-state index in [4.69, 9.17) is 0 Å². The number of rotatable bonds is 6. The molecule has 1 saturated heterocycles. The van der Waals surface area contributed by atoms with Crippen LogP contribution in [0.25, 0.3) is 0 Å². The zero-order chi connectivity index (χ0) is 19.8. The summed E-state index contributed by atoms with van der Waals surface area (Å²) in [5, 5.41) is 24.1. The van der Waals surface area contributed by atoms with Gasteiger partial charge in [0.05, 0.1) is 13.1 Å². The molecule has 9 nitrogen and oxygen atoms in total. The summed E-state index contributed by atoms with van der Waals surface area (Å²) < 4.78 is 0. The molecule has 2 aliphatic rings. The minimum atomic E-state index is -2.21. The normalized spacial score (nSPS) is 30.1. The molecule has 1 heterocycles. The number of nitrogens with zero attached hydrogens (tertiary/aromatic N) is 3. The number of piperidine rings is 1. The van der Waals surface area contributed by atoms with Gasteiger partial charge >= 0.3 is 5.54 Å². The number of carbonyl (C=O) groups excluding carboxylic acids is 2. The smallest absolute Gasteiger partial charge is 0.300 e. The fraction of sp³-hybridized carbons (Fsp3) is 0.444. The van der Waals surface area contributed by atoms with Crippen molar-refractivity contribution in [1.29, 1.82) is 0 Å². The highest BCUT2D eigenvalue weighted by Crippen LogP contribution is 2.46. The van der Waals surface area contributed by atoms with Crippen molar-refractivity contribution in [2.75, 3.05) is 13.1 Å². The molecule has 2 bridgehead atoms. The maximum absolute atomic E-state index is 12.6. The van der Waals surface area contributed by atoms with Crippen LogP contribution in [0.3, 0.4) is 0 Å². The first kappa shape index (κ1) is 18.8. The Morgan fingerprint density at radius 3 is 2.41 bits per heavy atom. The molecular weight excluding hydrogens is 354 g/mol. The van der Waals surface area contributed by atoms with Gasteiger partial charge in [0, 0.05) is 22.8 Å². The van der Waals surface area contributed by atoms with Crippen LogP contribution >= 0.6 is 0 Å². The van der Waals surface area contributed by atoms with Gasteiger partial charge in [0.15, 0.2) is 0 Å². The van der Waals surface area contributed by atoms with Crippen molar-refractivity contribution in [2.24, 2.45) is 5.92 Å². The van der Waals surface area contributed by atoms with Gasteiger partial charge in [-0.1, -0.05) is 30.3 Å². The second kappa shape index (κ2) is 6.66. The molecule has 27 heavy (non-hydrogen) atoms. The lowest BCUT2D eigenvalue weighted by Gasteiger charge is -2.48. The number of hydrogen-bond donors (Lipinski definition) is 0. The molecule has 0 unspecified atom stereocenters. The molecule has 142 valence electrons. The third-order valence-electron chi connectivity index (χ3n) is 5.48. The van der Waals surface area contributed by atoms with Gasteiger partial charge in [-0.15, -0.1) is 0 Å². The molecule has 1 aliphatic carbocycles. The summed E-state index contributed by atoms with van der Waals surface area (Å²) in [5.74, 6) is -2.54. The van der Waals surface area contributed by atoms with E-state index in [1.54, 1.807) is 17.0 Å². The maximum Gasteiger partial charge on any atom is 0.305 e. The number of fused-ring (bicyclic) bond motifs is 2. The quantitative estimate of drug-likeness (QED) is 0.543. The number of Topliss-reactive ketones (excluding diaryl/α,β-unsaturated/α-hetero) is 1. The summed E-state index contributed by atoms with van der Waals surface area (Å²) in [4.78, 5) is 48.7. The molecule has 9 heteroatoms. The predicted molar refractivity (Wildman–Crippen MR) is 94.1 cm³/mol. The first-order valence-electron chi connectivity index (χ1n) is 8.51. The Morgan fingerprint density at radius 1 is 1.19 bits per heavy atom. The Kier molecular flexibility index (Phi) is 4.64. The third kappa shape index (κ3) is 2.93. The first-order chi connectivity index (χ1) is 12.7. The number of carbonyl (C=O) groups is 2. The van der Waals surface area contributed by atoms with Crippen LogP contribution in [0.15, 0.2) is 42.5 Å². The molecule has 0 aromatic heterocycles. The monoisotopic (exact) mass is 373 g/mol. The summed E-state index contributed by atoms with van der Waals surface area (Å²) in [5.41, 5.74) is -3.24. The fourth-order valence-electron chi connectivity index (χ4n) is 4.28. The summed E-state index contributed by atoms with van der Waals surface area (Å²) in [7, 11) is 0. The standard InChI is InChI=1S/C18H19N3O6/c1-13(22)9-15-17(20(24)25)8-7-16(23)18(15,21(26)27)12-19(11-17)10-14-5-3-2-4-6-14/h2-8,15H,9-12H2,1H3/t15-,17-,18-/m1/s1. The summed E-state index contributed by atoms with van der Waals surface area (Å²) in [6.07, 6.45) is 1.70. The van der Waals surface area contributed by atoms with E-state index in [2.05, 4.69) is 0 Å². The van der Waals surface area contributed by atoms with Crippen LogP contribution in [-0.4, -0.2) is 50.5 Å². The molecule has 3 rings (SSSR count). The van der Waals surface area contributed by atoms with Crippen LogP contribution in [0.2, 0.25) is 0 Å². The lowest BCUT2D eigenvalue weighted by atomic mass is 9.61. The minimum Gasteiger partial charge on any atom is -0.300 e. The van der Waals surface area contributed by atoms with E-state index in [-0.39, 0.29) is 19.6 Å². The van der Waals surface area contributed by atoms with Gasteiger partial charge in [-0.25, -0.2) is 0 Å². The number of hydrogen-bond acceptors (Lipinski definition) is 7. The van der Waals surface area contributed by atoms with E-state index in [9.17, 15) is 29.8 Å². The average Bonchev–Trinajstić information content (AvgIpc) is 2.59. The van der Waals surface area contributed by atoms with Crippen molar-refractivity contribution < 1.29 is 19.4 Å². The topological polar surface area (TPSA) is 124 Å². The van der Waals surface area contributed by atoms with E-state index in [1.807, 2.05) is 18.2 Å². The van der Waals surface area contributed by atoms with Crippen LogP contribution in [0.4, 0.5) is 0 Å². The van der Waals surface area contributed by atoms with Crippen LogP contribution in [0.5, 0.6) is 0 Å². The minimum absolute atomic E-state index is 0.105. The molecule has 0 saturated carbocycles. The highest BCUT2D eigenvalue weighted by Gasteiger charge is 2.73. The van der Waals surface area contributed by atoms with Crippen LogP contribution in [0, 0.1) is 26.1 Å². The Bertz CT molecular complexity index is 839. The lowest BCUT2D eigenvalue weighted by Crippen LogP contribution is -2.75. The predicted octanol–water partition coefficient (Wildman–Crippen LogP) is 1.27. The summed E-state index contributed by atoms with van der Waals surface area (Å²) >= 11 is 0. The molecule has 0 spiro atoms. The van der Waals surface area contributed by atoms with Crippen LogP contribution in [0.1, 0.15) is 18.9 Å². The van der Waals surface area contributed by atoms with E-state index < -0.39 is 44.8 Å². The molecule has 1 aromatic carbocycles. The van der Waals surface area contributed by atoms with Crippen molar-refractivity contribution in [3.63, 3.8) is 0 Å². The first-order valence-corrected chi connectivity index (χ1v) is 8.51. The van der Waals surface area contributed by atoms with E-state index in [0.717, 1.165) is 17.7 Å². The van der Waals surface area contributed by atoms with E-state index in [1.165, 1.54) is 6.92 Å². The van der Waals surface area contributed by atoms with Crippen molar-refractivity contribution in [3.8, 4) is 0 Å². The molecular formula is C18H19N3O6. The van der Waals surface area contributed by atoms with Crippen molar-refractivity contribution in [1.82, 2.24) is 4.90 Å². The number of benzene rings is 1. The fourth-order valence-corrected chi connectivity index (χ4v) is 4.28. The molecule has 1 fully saturated rings. The van der Waals surface area contributed by atoms with Crippen molar-refractivity contribution >= 4 is 11.6 Å². The molecule has 3 atom stereocenters. The van der Waals surface area contributed by atoms with Crippen LogP contribution in [-0.2, 0) is 16.1 Å². The lowest BCUT2D eigenvalue weighted by molar-refractivity contribution is -0.624. The average molecular weight is 373 g/mol.